The lowest BCUT2D eigenvalue weighted by Crippen LogP contribution is -2.06. The summed E-state index contributed by atoms with van der Waals surface area (Å²) in [5.74, 6) is 0. The molecule has 0 spiro atoms. The summed E-state index contributed by atoms with van der Waals surface area (Å²) in [5, 5.41) is 0. The van der Waals surface area contributed by atoms with Gasteiger partial charge in [0, 0.05) is 23.5 Å². The molecule has 0 unspecified atom stereocenters. The summed E-state index contributed by atoms with van der Waals surface area (Å²) >= 11 is 0. The normalized spacial score (nSPS) is 16.0. The average Bonchev–Trinajstić information content (AvgIpc) is 2.73. The highest BCUT2D eigenvalue weighted by molar-refractivity contribution is 5.74. The Morgan fingerprint density at radius 1 is 0.577 bits per heavy atom. The zero-order valence-corrected chi connectivity index (χ0v) is 15.2. The molecule has 2 aliphatic rings. The van der Waals surface area contributed by atoms with Crippen LogP contribution in [-0.2, 0) is 25.7 Å². The highest BCUT2D eigenvalue weighted by Gasteiger charge is 2.18. The third-order valence-corrected chi connectivity index (χ3v) is 5.96. The quantitative estimate of drug-likeness (QED) is 0.609. The second-order valence-electron chi connectivity index (χ2n) is 7.59. The fourth-order valence-corrected chi connectivity index (χ4v) is 4.64. The Morgan fingerprint density at radius 2 is 1.08 bits per heavy atom. The Bertz CT molecular complexity index is 883. The van der Waals surface area contributed by atoms with Crippen molar-refractivity contribution in [3.05, 3.63) is 71.0 Å². The lowest BCUT2D eigenvalue weighted by atomic mass is 9.87. The van der Waals surface area contributed by atoms with E-state index >= 15 is 0 Å². The van der Waals surface area contributed by atoms with Crippen molar-refractivity contribution in [2.75, 3.05) is 0 Å². The molecule has 0 atom stereocenters. The Labute approximate surface area is 155 Å². The Hall–Kier alpha value is -2.48. The van der Waals surface area contributed by atoms with Crippen LogP contribution in [0.3, 0.4) is 0 Å². The van der Waals surface area contributed by atoms with Crippen LogP contribution in [-0.4, -0.2) is 9.97 Å². The predicted molar refractivity (Wildman–Crippen MR) is 106 cm³/mol. The van der Waals surface area contributed by atoms with E-state index in [-0.39, 0.29) is 0 Å². The van der Waals surface area contributed by atoms with E-state index in [9.17, 15) is 0 Å². The number of hydrogen-bond donors (Lipinski definition) is 0. The number of nitrogens with zero attached hydrogens (tertiary/aromatic N) is 2. The van der Waals surface area contributed by atoms with Crippen LogP contribution in [0.4, 0.5) is 0 Å². The maximum atomic E-state index is 4.76. The van der Waals surface area contributed by atoms with Crippen molar-refractivity contribution in [1.29, 1.82) is 0 Å². The van der Waals surface area contributed by atoms with Gasteiger partial charge < -0.3 is 0 Å². The van der Waals surface area contributed by atoms with Gasteiger partial charge in [-0.1, -0.05) is 18.2 Å². The highest BCUT2D eigenvalue weighted by atomic mass is 14.7. The van der Waals surface area contributed by atoms with Crippen molar-refractivity contribution in [3.8, 4) is 22.5 Å². The van der Waals surface area contributed by atoms with Gasteiger partial charge in [0.25, 0.3) is 0 Å². The molecule has 1 aromatic carbocycles. The first-order valence-electron chi connectivity index (χ1n) is 9.94. The van der Waals surface area contributed by atoms with Gasteiger partial charge in [0.1, 0.15) is 0 Å². The molecule has 2 nitrogen and oxygen atoms in total. The van der Waals surface area contributed by atoms with Gasteiger partial charge >= 0.3 is 0 Å². The van der Waals surface area contributed by atoms with Gasteiger partial charge in [-0.15, -0.1) is 0 Å². The van der Waals surface area contributed by atoms with Crippen LogP contribution in [0.1, 0.15) is 47.9 Å². The molecule has 0 aliphatic heterocycles. The number of fused-ring (bicyclic) bond motifs is 2. The topological polar surface area (TPSA) is 25.8 Å². The minimum atomic E-state index is 1.15. The maximum absolute atomic E-state index is 4.76. The van der Waals surface area contributed by atoms with Crippen LogP contribution < -0.4 is 0 Å². The van der Waals surface area contributed by atoms with Gasteiger partial charge in [-0.3, -0.25) is 9.97 Å². The molecule has 0 fully saturated rings. The van der Waals surface area contributed by atoms with E-state index in [0.29, 0.717) is 0 Å². The Kier molecular flexibility index (Phi) is 4.05. The number of rotatable bonds is 2. The van der Waals surface area contributed by atoms with E-state index in [1.165, 1.54) is 83.3 Å². The zero-order valence-electron chi connectivity index (χ0n) is 15.2. The molecular weight excluding hydrogens is 316 g/mol. The Morgan fingerprint density at radius 3 is 1.62 bits per heavy atom. The summed E-state index contributed by atoms with van der Waals surface area (Å²) in [6, 6.07) is 13.3. The molecule has 2 heteroatoms. The lowest BCUT2D eigenvalue weighted by molar-refractivity contribution is 0.683. The van der Waals surface area contributed by atoms with Crippen molar-refractivity contribution in [2.45, 2.75) is 51.4 Å². The molecule has 0 radical (unpaired) electrons. The van der Waals surface area contributed by atoms with Gasteiger partial charge in [-0.25, -0.2) is 0 Å². The van der Waals surface area contributed by atoms with Gasteiger partial charge in [-0.05, 0) is 91.8 Å². The smallest absolute Gasteiger partial charge is 0.0736 e. The van der Waals surface area contributed by atoms with Crippen molar-refractivity contribution < 1.29 is 0 Å². The van der Waals surface area contributed by atoms with Crippen LogP contribution in [0.5, 0.6) is 0 Å². The highest BCUT2D eigenvalue weighted by Crippen LogP contribution is 2.34. The number of aromatic nitrogens is 2. The summed E-state index contributed by atoms with van der Waals surface area (Å²) in [7, 11) is 0. The average molecular weight is 340 g/mol. The summed E-state index contributed by atoms with van der Waals surface area (Å²) in [6.07, 6.45) is 13.8. The molecular formula is C24H24N2. The van der Waals surface area contributed by atoms with Crippen molar-refractivity contribution in [1.82, 2.24) is 9.97 Å². The standard InChI is InChI=1S/C24H24N2/c1-3-10-21-17(6-1)12-14-25-23(21)19-8-5-9-20(16-19)24-22-11-4-2-7-18(22)13-15-26-24/h5,8-9,12-16H,1-4,6-7,10-11H2. The molecule has 0 amide bonds. The van der Waals surface area contributed by atoms with Crippen LogP contribution in [0.2, 0.25) is 0 Å². The van der Waals surface area contributed by atoms with Crippen LogP contribution >= 0.6 is 0 Å². The van der Waals surface area contributed by atoms with E-state index < -0.39 is 0 Å². The first-order chi connectivity index (χ1) is 12.9. The SMILES string of the molecule is c1cc(-c2nccc3c2CCCC3)cc(-c2nccc3c2CCCC3)c1. The van der Waals surface area contributed by atoms with E-state index in [4.69, 9.17) is 9.97 Å². The largest absolute Gasteiger partial charge is 0.256 e. The second kappa shape index (κ2) is 6.68. The van der Waals surface area contributed by atoms with Crippen molar-refractivity contribution in [2.24, 2.45) is 0 Å². The minimum absolute atomic E-state index is 1.15. The van der Waals surface area contributed by atoms with E-state index in [2.05, 4.69) is 36.4 Å². The predicted octanol–water partition coefficient (Wildman–Crippen LogP) is 5.57. The number of aryl methyl sites for hydroxylation is 2. The number of benzene rings is 1. The summed E-state index contributed by atoms with van der Waals surface area (Å²) < 4.78 is 0. The van der Waals surface area contributed by atoms with Gasteiger partial charge in [0.2, 0.25) is 0 Å². The molecule has 2 aromatic heterocycles. The first kappa shape index (κ1) is 15.7. The zero-order chi connectivity index (χ0) is 17.3. The van der Waals surface area contributed by atoms with E-state index in [0.717, 1.165) is 12.8 Å². The molecule has 3 aromatic rings. The summed E-state index contributed by atoms with van der Waals surface area (Å²) in [4.78, 5) is 9.53. The second-order valence-corrected chi connectivity index (χ2v) is 7.59. The fourth-order valence-electron chi connectivity index (χ4n) is 4.64. The van der Waals surface area contributed by atoms with Crippen molar-refractivity contribution in [3.63, 3.8) is 0 Å². The summed E-state index contributed by atoms with van der Waals surface area (Å²) in [6.45, 7) is 0. The monoisotopic (exact) mass is 340 g/mol. The van der Waals surface area contributed by atoms with Crippen LogP contribution in [0.25, 0.3) is 22.5 Å². The van der Waals surface area contributed by atoms with Gasteiger partial charge in [0.15, 0.2) is 0 Å². The Balaban J connectivity index is 1.61. The van der Waals surface area contributed by atoms with Crippen LogP contribution in [0.15, 0.2) is 48.8 Å². The summed E-state index contributed by atoms with van der Waals surface area (Å²) in [5.41, 5.74) is 10.7. The van der Waals surface area contributed by atoms with E-state index in [1.54, 1.807) is 0 Å². The molecule has 26 heavy (non-hydrogen) atoms. The lowest BCUT2D eigenvalue weighted by Gasteiger charge is -2.20. The number of hydrogen-bond acceptors (Lipinski definition) is 2. The molecule has 5 rings (SSSR count). The molecule has 0 saturated carbocycles. The molecule has 0 N–H and O–H groups in total. The minimum Gasteiger partial charge on any atom is -0.256 e. The molecule has 2 heterocycles. The van der Waals surface area contributed by atoms with Gasteiger partial charge in [-0.2, -0.15) is 0 Å². The molecule has 2 aliphatic carbocycles. The molecule has 130 valence electrons. The molecule has 0 saturated heterocycles. The molecule has 0 bridgehead atoms. The third-order valence-electron chi connectivity index (χ3n) is 5.96. The first-order valence-corrected chi connectivity index (χ1v) is 9.94. The maximum Gasteiger partial charge on any atom is 0.0736 e. The van der Waals surface area contributed by atoms with E-state index in [1.807, 2.05) is 12.4 Å². The van der Waals surface area contributed by atoms with Gasteiger partial charge in [0.05, 0.1) is 11.4 Å². The van der Waals surface area contributed by atoms with Crippen molar-refractivity contribution >= 4 is 0 Å². The third kappa shape index (κ3) is 2.74. The number of pyridine rings is 2. The van der Waals surface area contributed by atoms with Crippen LogP contribution in [0, 0.1) is 0 Å². The fraction of sp³-hybridized carbons (Fsp3) is 0.333.